The van der Waals surface area contributed by atoms with Gasteiger partial charge in [0, 0.05) is 0 Å². The second-order valence-corrected chi connectivity index (χ2v) is 6.28. The second-order valence-electron chi connectivity index (χ2n) is 5.25. The van der Waals surface area contributed by atoms with Crippen LogP contribution < -0.4 is 20.2 Å². The fourth-order valence-corrected chi connectivity index (χ4v) is 3.15. The van der Waals surface area contributed by atoms with Crippen molar-refractivity contribution < 1.29 is 19.1 Å². The number of thiazole rings is 1. The van der Waals surface area contributed by atoms with Gasteiger partial charge in [0.1, 0.15) is 0 Å². The first kappa shape index (κ1) is 16.0. The first-order valence-electron chi connectivity index (χ1n) is 7.59. The molecule has 0 aliphatic carbocycles. The maximum atomic E-state index is 11.9. The Labute approximate surface area is 151 Å². The third-order valence-electron chi connectivity index (χ3n) is 3.50. The minimum atomic E-state index is -0.888. The Bertz CT molecular complexity index is 998. The molecule has 1 aliphatic heterocycles. The summed E-state index contributed by atoms with van der Waals surface area (Å²) in [7, 11) is 0. The van der Waals surface area contributed by atoms with Gasteiger partial charge < -0.3 is 9.47 Å². The lowest BCUT2D eigenvalue weighted by molar-refractivity contribution is -0.136. The number of fused-ring (bicyclic) bond motifs is 2. The topological polar surface area (TPSA) is 102 Å². The summed E-state index contributed by atoms with van der Waals surface area (Å²) in [4.78, 5) is 28.0. The van der Waals surface area contributed by atoms with Gasteiger partial charge in [0.15, 0.2) is 16.6 Å². The van der Waals surface area contributed by atoms with E-state index < -0.39 is 11.8 Å². The van der Waals surface area contributed by atoms with Gasteiger partial charge in [0.05, 0.1) is 16.4 Å². The summed E-state index contributed by atoms with van der Waals surface area (Å²) in [5, 5.41) is 6.59. The summed E-state index contributed by atoms with van der Waals surface area (Å²) in [5.41, 5.74) is 3.63. The quantitative estimate of drug-likeness (QED) is 0.419. The molecule has 0 spiro atoms. The number of carbonyl (C=O) groups is 2. The smallest absolute Gasteiger partial charge is 0.329 e. The number of nitrogens with zero attached hydrogens (tertiary/aromatic N) is 2. The average molecular weight is 368 g/mol. The van der Waals surface area contributed by atoms with Crippen molar-refractivity contribution in [3.05, 3.63) is 48.0 Å². The highest BCUT2D eigenvalue weighted by Crippen LogP contribution is 2.32. The van der Waals surface area contributed by atoms with E-state index in [0.29, 0.717) is 22.2 Å². The van der Waals surface area contributed by atoms with E-state index in [1.807, 2.05) is 24.3 Å². The van der Waals surface area contributed by atoms with Crippen molar-refractivity contribution in [2.45, 2.75) is 0 Å². The van der Waals surface area contributed by atoms with E-state index in [9.17, 15) is 9.59 Å². The van der Waals surface area contributed by atoms with E-state index in [4.69, 9.17) is 9.47 Å². The van der Waals surface area contributed by atoms with E-state index in [1.165, 1.54) is 17.6 Å². The average Bonchev–Trinajstić information content (AvgIpc) is 3.26. The molecule has 3 aromatic rings. The van der Waals surface area contributed by atoms with Gasteiger partial charge in [0.25, 0.3) is 0 Å². The standard InChI is InChI=1S/C17H12N4O4S/c22-15(20-17-19-11-3-1-2-4-14(11)26-17)16(23)21-18-8-10-5-6-12-13(7-10)25-9-24-12/h1-8H,9H2,(H,21,23)(H,19,20,22). The number of hydrogen-bond donors (Lipinski definition) is 2. The molecule has 1 aromatic heterocycles. The summed E-state index contributed by atoms with van der Waals surface area (Å²) >= 11 is 1.29. The summed E-state index contributed by atoms with van der Waals surface area (Å²) in [6.07, 6.45) is 1.41. The number of amides is 2. The number of nitrogens with one attached hydrogen (secondary N) is 2. The first-order valence-corrected chi connectivity index (χ1v) is 8.40. The Morgan fingerprint density at radius 3 is 2.85 bits per heavy atom. The highest BCUT2D eigenvalue weighted by molar-refractivity contribution is 7.22. The van der Waals surface area contributed by atoms with Crippen molar-refractivity contribution in [1.82, 2.24) is 10.4 Å². The summed E-state index contributed by atoms with van der Waals surface area (Å²) in [5.74, 6) is -0.469. The first-order chi connectivity index (χ1) is 12.7. The van der Waals surface area contributed by atoms with Crippen LogP contribution in [0.4, 0.5) is 5.13 Å². The Kier molecular flexibility index (Phi) is 4.20. The molecule has 4 rings (SSSR count). The predicted molar refractivity (Wildman–Crippen MR) is 96.6 cm³/mol. The summed E-state index contributed by atoms with van der Waals surface area (Å²) in [6, 6.07) is 12.7. The van der Waals surface area contributed by atoms with Gasteiger partial charge in [-0.3, -0.25) is 14.9 Å². The molecule has 2 amide bonds. The molecule has 2 aromatic carbocycles. The van der Waals surface area contributed by atoms with Gasteiger partial charge in [-0.1, -0.05) is 23.5 Å². The molecule has 0 fully saturated rings. The molecule has 0 bridgehead atoms. The Morgan fingerprint density at radius 2 is 1.96 bits per heavy atom. The van der Waals surface area contributed by atoms with Gasteiger partial charge >= 0.3 is 11.8 Å². The van der Waals surface area contributed by atoms with Crippen LogP contribution in [0.3, 0.4) is 0 Å². The third kappa shape index (κ3) is 3.33. The molecule has 1 aliphatic rings. The molecule has 0 atom stereocenters. The molecular weight excluding hydrogens is 356 g/mol. The Morgan fingerprint density at radius 1 is 1.12 bits per heavy atom. The normalized spacial score (nSPS) is 12.5. The van der Waals surface area contributed by atoms with Crippen LogP contribution >= 0.6 is 11.3 Å². The maximum absolute atomic E-state index is 11.9. The van der Waals surface area contributed by atoms with Crippen LogP contribution in [0.1, 0.15) is 5.56 Å². The fraction of sp³-hybridized carbons (Fsp3) is 0.0588. The van der Waals surface area contributed by atoms with Crippen LogP contribution in [0.2, 0.25) is 0 Å². The van der Waals surface area contributed by atoms with Crippen LogP contribution in [0.15, 0.2) is 47.6 Å². The number of para-hydroxylation sites is 1. The largest absolute Gasteiger partial charge is 0.454 e. The SMILES string of the molecule is O=C(NN=Cc1ccc2c(c1)OCO2)C(=O)Nc1nc2ccccc2s1. The minimum Gasteiger partial charge on any atom is -0.454 e. The highest BCUT2D eigenvalue weighted by atomic mass is 32.1. The summed E-state index contributed by atoms with van der Waals surface area (Å²) < 4.78 is 11.4. The number of rotatable bonds is 3. The number of carbonyl (C=O) groups excluding carboxylic acids is 2. The molecule has 2 N–H and O–H groups in total. The van der Waals surface area contributed by atoms with Gasteiger partial charge in [-0.15, -0.1) is 0 Å². The lowest BCUT2D eigenvalue weighted by atomic mass is 10.2. The molecular formula is C17H12N4O4S. The van der Waals surface area contributed by atoms with Crippen LogP contribution in [0.5, 0.6) is 11.5 Å². The van der Waals surface area contributed by atoms with E-state index in [-0.39, 0.29) is 6.79 Å². The number of ether oxygens (including phenoxy) is 2. The van der Waals surface area contributed by atoms with Crippen molar-refractivity contribution in [3.63, 3.8) is 0 Å². The summed E-state index contributed by atoms with van der Waals surface area (Å²) in [6.45, 7) is 0.179. The zero-order valence-corrected chi connectivity index (χ0v) is 14.1. The molecule has 0 radical (unpaired) electrons. The van der Waals surface area contributed by atoms with Crippen molar-refractivity contribution in [2.24, 2.45) is 5.10 Å². The number of hydrazone groups is 1. The van der Waals surface area contributed by atoms with E-state index >= 15 is 0 Å². The third-order valence-corrected chi connectivity index (χ3v) is 4.45. The monoisotopic (exact) mass is 368 g/mol. The Balaban J connectivity index is 1.36. The van der Waals surface area contributed by atoms with Crippen LogP contribution in [-0.2, 0) is 9.59 Å². The lowest BCUT2D eigenvalue weighted by Crippen LogP contribution is -2.32. The van der Waals surface area contributed by atoms with Crippen LogP contribution in [0, 0.1) is 0 Å². The molecule has 0 unspecified atom stereocenters. The fourth-order valence-electron chi connectivity index (χ4n) is 2.29. The second kappa shape index (κ2) is 6.81. The maximum Gasteiger partial charge on any atom is 0.329 e. The van der Waals surface area contributed by atoms with Gasteiger partial charge in [-0.05, 0) is 35.9 Å². The van der Waals surface area contributed by atoms with Gasteiger partial charge in [0.2, 0.25) is 6.79 Å². The Hall–Kier alpha value is -3.46. The number of aromatic nitrogens is 1. The minimum absolute atomic E-state index is 0.179. The highest BCUT2D eigenvalue weighted by Gasteiger charge is 2.15. The number of hydrogen-bond acceptors (Lipinski definition) is 7. The molecule has 9 heteroatoms. The van der Waals surface area contributed by atoms with Crippen molar-refractivity contribution in [2.75, 3.05) is 12.1 Å². The molecule has 130 valence electrons. The van der Waals surface area contributed by atoms with Crippen LogP contribution in [-0.4, -0.2) is 29.8 Å². The van der Waals surface area contributed by atoms with E-state index in [0.717, 1.165) is 10.2 Å². The number of anilines is 1. The van der Waals surface area contributed by atoms with Gasteiger partial charge in [-0.2, -0.15) is 5.10 Å². The lowest BCUT2D eigenvalue weighted by Gasteiger charge is -2.00. The molecule has 8 nitrogen and oxygen atoms in total. The van der Waals surface area contributed by atoms with E-state index in [2.05, 4.69) is 20.8 Å². The molecule has 26 heavy (non-hydrogen) atoms. The zero-order chi connectivity index (χ0) is 17.9. The van der Waals surface area contributed by atoms with Crippen molar-refractivity contribution >= 4 is 44.7 Å². The van der Waals surface area contributed by atoms with Gasteiger partial charge in [-0.25, -0.2) is 10.4 Å². The molecule has 0 saturated heterocycles. The zero-order valence-electron chi connectivity index (χ0n) is 13.3. The van der Waals surface area contributed by atoms with E-state index in [1.54, 1.807) is 18.2 Å². The van der Waals surface area contributed by atoms with Crippen LogP contribution in [0.25, 0.3) is 10.2 Å². The predicted octanol–water partition coefficient (Wildman–Crippen LogP) is 2.11. The van der Waals surface area contributed by atoms with Crippen molar-refractivity contribution in [3.8, 4) is 11.5 Å². The molecule has 2 heterocycles. The molecule has 0 saturated carbocycles. The van der Waals surface area contributed by atoms with Crippen molar-refractivity contribution in [1.29, 1.82) is 0 Å². The number of benzene rings is 2.